The molecule has 2 aromatic heterocycles. The van der Waals surface area contributed by atoms with Crippen LogP contribution in [0.1, 0.15) is 19.4 Å². The molecule has 0 unspecified atom stereocenters. The zero-order chi connectivity index (χ0) is 30.3. The molecule has 0 bridgehead atoms. The highest BCUT2D eigenvalue weighted by molar-refractivity contribution is 6.10. The average molecular weight is 583 g/mol. The molecule has 0 amide bonds. The summed E-state index contributed by atoms with van der Waals surface area (Å²) >= 11 is 0. The van der Waals surface area contributed by atoms with Crippen molar-refractivity contribution in [2.24, 2.45) is 0 Å². The van der Waals surface area contributed by atoms with Gasteiger partial charge in [-0.25, -0.2) is 0 Å². The van der Waals surface area contributed by atoms with E-state index in [9.17, 15) is 5.26 Å². The molecule has 0 radical (unpaired) electrons. The number of hydrogen-bond acceptors (Lipinski definition) is 4. The minimum absolute atomic E-state index is 0.641. The lowest BCUT2D eigenvalue weighted by Crippen LogP contribution is -2.34. The summed E-state index contributed by atoms with van der Waals surface area (Å²) in [4.78, 5) is 0. The smallest absolute Gasteiger partial charge is 0.245 e. The summed E-state index contributed by atoms with van der Waals surface area (Å²) in [7, 11) is 0. The van der Waals surface area contributed by atoms with Crippen LogP contribution in [0.3, 0.4) is 0 Å². The molecule has 0 aliphatic carbocycles. The van der Waals surface area contributed by atoms with Crippen LogP contribution < -0.4 is 9.47 Å². The number of benzene rings is 6. The second kappa shape index (κ2) is 9.25. The van der Waals surface area contributed by atoms with Gasteiger partial charge in [-0.2, -0.15) is 5.26 Å². The molecule has 0 N–H and O–H groups in total. The molecule has 5 heteroatoms. The van der Waals surface area contributed by atoms with E-state index in [-0.39, 0.29) is 0 Å². The number of fused-ring (bicyclic) bond motifs is 9. The molecule has 0 atom stereocenters. The molecule has 45 heavy (non-hydrogen) atoms. The molecule has 0 spiro atoms. The molecule has 0 saturated carbocycles. The number of nitrogens with zero attached hydrogens (tertiary/aromatic N) is 2. The van der Waals surface area contributed by atoms with Crippen molar-refractivity contribution >= 4 is 43.7 Å². The van der Waals surface area contributed by atoms with Crippen molar-refractivity contribution in [2.75, 3.05) is 0 Å². The van der Waals surface area contributed by atoms with E-state index >= 15 is 0 Å². The van der Waals surface area contributed by atoms with Crippen molar-refractivity contribution in [3.05, 3.63) is 127 Å². The molecule has 3 heterocycles. The van der Waals surface area contributed by atoms with Gasteiger partial charge in [0.2, 0.25) is 5.79 Å². The quantitative estimate of drug-likeness (QED) is 0.203. The summed E-state index contributed by atoms with van der Waals surface area (Å²) in [5.41, 5.74) is 9.58. The molecule has 9 rings (SSSR count). The zero-order valence-corrected chi connectivity index (χ0v) is 24.7. The molecular formula is C40H26N2O3. The molecule has 6 aromatic carbocycles. The third-order valence-electron chi connectivity index (χ3n) is 8.72. The fraction of sp³-hybridized carbons (Fsp3) is 0.0750. The Kier molecular flexibility index (Phi) is 5.24. The Morgan fingerprint density at radius 1 is 0.578 bits per heavy atom. The first kappa shape index (κ1) is 25.5. The lowest BCUT2D eigenvalue weighted by Gasteiger charge is -2.26. The molecule has 8 aromatic rings. The SMILES string of the molecule is CC1(C)Oc2cc(-n3c4ccccc4c4cc(C#N)ccc43)ccc2-c2cc(-c3ccc4oc5ccccc5c4c3)ccc2O1. The van der Waals surface area contributed by atoms with Gasteiger partial charge in [0.1, 0.15) is 22.7 Å². The normalized spacial score (nSPS) is 13.6. The summed E-state index contributed by atoms with van der Waals surface area (Å²) in [6.45, 7) is 3.88. The maximum Gasteiger partial charge on any atom is 0.245 e. The van der Waals surface area contributed by atoms with Crippen molar-refractivity contribution in [3.8, 4) is 45.5 Å². The predicted molar refractivity (Wildman–Crippen MR) is 179 cm³/mol. The molecule has 0 saturated heterocycles. The Balaban J connectivity index is 1.22. The van der Waals surface area contributed by atoms with Crippen LogP contribution in [-0.2, 0) is 0 Å². The van der Waals surface area contributed by atoms with Gasteiger partial charge < -0.3 is 18.5 Å². The standard InChI is InChI=1S/C40H26N2O3/c1-40(2)44-38-18-13-26(25-12-17-37-32(20-25)29-8-4-6-10-36(29)43-37)21-33(38)30-15-14-27(22-39(30)45-40)42-34-9-5-3-7-28(34)31-19-24(23-41)11-16-35(31)42/h3-22H,1-2H3. The molecule has 214 valence electrons. The Hall–Kier alpha value is -5.99. The highest BCUT2D eigenvalue weighted by Gasteiger charge is 2.30. The van der Waals surface area contributed by atoms with Gasteiger partial charge in [-0.15, -0.1) is 0 Å². The largest absolute Gasteiger partial charge is 0.456 e. The van der Waals surface area contributed by atoms with Crippen LogP contribution >= 0.6 is 0 Å². The van der Waals surface area contributed by atoms with Gasteiger partial charge in [0.15, 0.2) is 0 Å². The zero-order valence-electron chi connectivity index (χ0n) is 24.7. The van der Waals surface area contributed by atoms with E-state index in [1.807, 2.05) is 74.5 Å². The van der Waals surface area contributed by atoms with E-state index in [1.165, 1.54) is 0 Å². The summed E-state index contributed by atoms with van der Waals surface area (Å²) in [6, 6.07) is 43.6. The predicted octanol–water partition coefficient (Wildman–Crippen LogP) is 10.4. The van der Waals surface area contributed by atoms with Crippen LogP contribution in [0.2, 0.25) is 0 Å². The topological polar surface area (TPSA) is 60.3 Å². The van der Waals surface area contributed by atoms with Gasteiger partial charge >= 0.3 is 0 Å². The first-order valence-corrected chi connectivity index (χ1v) is 15.0. The first-order valence-electron chi connectivity index (χ1n) is 15.0. The van der Waals surface area contributed by atoms with Crippen molar-refractivity contribution in [2.45, 2.75) is 19.6 Å². The van der Waals surface area contributed by atoms with Crippen LogP contribution in [0.25, 0.3) is 71.7 Å². The first-order chi connectivity index (χ1) is 22.0. The van der Waals surface area contributed by atoms with Crippen LogP contribution in [0, 0.1) is 11.3 Å². The summed E-state index contributed by atoms with van der Waals surface area (Å²) < 4.78 is 21.3. The van der Waals surface area contributed by atoms with Crippen LogP contribution in [0.5, 0.6) is 11.5 Å². The van der Waals surface area contributed by atoms with Crippen LogP contribution in [0.15, 0.2) is 126 Å². The van der Waals surface area contributed by atoms with Crippen LogP contribution in [0.4, 0.5) is 0 Å². The Bertz CT molecular complexity index is 2540. The average Bonchev–Trinajstić information content (AvgIpc) is 3.56. The minimum atomic E-state index is -0.892. The molecule has 0 fully saturated rings. The van der Waals surface area contributed by atoms with Gasteiger partial charge in [-0.1, -0.05) is 48.5 Å². The second-order valence-corrected chi connectivity index (χ2v) is 12.0. The van der Waals surface area contributed by atoms with Gasteiger partial charge in [-0.05, 0) is 77.9 Å². The monoisotopic (exact) mass is 582 g/mol. The van der Waals surface area contributed by atoms with Gasteiger partial charge in [0.25, 0.3) is 0 Å². The highest BCUT2D eigenvalue weighted by Crippen LogP contribution is 2.46. The lowest BCUT2D eigenvalue weighted by molar-refractivity contribution is -0.0778. The third-order valence-corrected chi connectivity index (χ3v) is 8.72. The summed E-state index contributed by atoms with van der Waals surface area (Å²) in [5, 5.41) is 13.9. The maximum absolute atomic E-state index is 9.56. The number of nitriles is 1. The number of furan rings is 1. The lowest BCUT2D eigenvalue weighted by atomic mass is 9.96. The van der Waals surface area contributed by atoms with E-state index in [1.54, 1.807) is 0 Å². The third kappa shape index (κ3) is 3.93. The molecule has 5 nitrogen and oxygen atoms in total. The van der Waals surface area contributed by atoms with Gasteiger partial charge in [0.05, 0.1) is 22.7 Å². The number of rotatable bonds is 2. The Labute approximate surface area is 259 Å². The molecular weight excluding hydrogens is 556 g/mol. The number of aromatic nitrogens is 1. The maximum atomic E-state index is 9.56. The van der Waals surface area contributed by atoms with Crippen LogP contribution in [-0.4, -0.2) is 10.4 Å². The van der Waals surface area contributed by atoms with Crippen molar-refractivity contribution in [3.63, 3.8) is 0 Å². The summed E-state index contributed by atoms with van der Waals surface area (Å²) in [6.07, 6.45) is 0. The fourth-order valence-corrected chi connectivity index (χ4v) is 6.74. The van der Waals surface area contributed by atoms with Gasteiger partial charge in [0, 0.05) is 58.3 Å². The second-order valence-electron chi connectivity index (χ2n) is 12.0. The van der Waals surface area contributed by atoms with Crippen molar-refractivity contribution in [1.82, 2.24) is 4.57 Å². The van der Waals surface area contributed by atoms with E-state index < -0.39 is 5.79 Å². The van der Waals surface area contributed by atoms with Crippen molar-refractivity contribution in [1.29, 1.82) is 5.26 Å². The Morgan fingerprint density at radius 2 is 1.31 bits per heavy atom. The number of hydrogen-bond donors (Lipinski definition) is 0. The number of para-hydroxylation sites is 2. The van der Waals surface area contributed by atoms with Gasteiger partial charge in [-0.3, -0.25) is 0 Å². The van der Waals surface area contributed by atoms with Crippen molar-refractivity contribution < 1.29 is 13.9 Å². The number of ether oxygens (including phenoxy) is 2. The molecule has 1 aliphatic rings. The van der Waals surface area contributed by atoms with E-state index in [0.29, 0.717) is 5.56 Å². The highest BCUT2D eigenvalue weighted by atomic mass is 16.7. The fourth-order valence-electron chi connectivity index (χ4n) is 6.74. The summed E-state index contributed by atoms with van der Waals surface area (Å²) in [5.74, 6) is 0.618. The van der Waals surface area contributed by atoms with E-state index in [2.05, 4.69) is 71.3 Å². The van der Waals surface area contributed by atoms with E-state index in [4.69, 9.17) is 13.9 Å². The minimum Gasteiger partial charge on any atom is -0.456 e. The molecule has 1 aliphatic heterocycles. The van der Waals surface area contributed by atoms with E-state index in [0.717, 1.165) is 83.2 Å². The Morgan fingerprint density at radius 3 is 2.20 bits per heavy atom.